The van der Waals surface area contributed by atoms with Crippen molar-refractivity contribution in [2.75, 3.05) is 7.11 Å². The van der Waals surface area contributed by atoms with Gasteiger partial charge in [0.05, 0.1) is 7.11 Å². The second-order valence-corrected chi connectivity index (χ2v) is 3.22. The highest BCUT2D eigenvalue weighted by Gasteiger charge is 2.48. The van der Waals surface area contributed by atoms with E-state index in [1.54, 1.807) is 0 Å². The molecule has 10 heteroatoms. The highest BCUT2D eigenvalue weighted by Crippen LogP contribution is 2.45. The van der Waals surface area contributed by atoms with Gasteiger partial charge in [-0.1, -0.05) is 0 Å². The Morgan fingerprint density at radius 3 is 1.37 bits per heavy atom. The lowest BCUT2D eigenvalue weighted by atomic mass is 10.1. The molecule has 0 aliphatic carbocycles. The van der Waals surface area contributed by atoms with Gasteiger partial charge in [-0.15, -0.1) is 0 Å². The average Bonchev–Trinajstić information content (AvgIpc) is 2.19. The van der Waals surface area contributed by atoms with Gasteiger partial charge in [0.15, 0.2) is 23.2 Å². The molecule has 1 aromatic rings. The molecule has 108 valence electrons. The molecule has 0 saturated carbocycles. The van der Waals surface area contributed by atoms with Gasteiger partial charge in [-0.25, -0.2) is 13.2 Å². The minimum Gasteiger partial charge on any atom is -0.493 e. The topological polar surface area (TPSA) is 9.23 Å². The zero-order valence-corrected chi connectivity index (χ0v) is 8.81. The third kappa shape index (κ3) is 2.56. The summed E-state index contributed by atoms with van der Waals surface area (Å²) >= 11 is 0. The van der Waals surface area contributed by atoms with Gasteiger partial charge in [-0.3, -0.25) is 0 Å². The van der Waals surface area contributed by atoms with Gasteiger partial charge in [0.25, 0.3) is 0 Å². The van der Waals surface area contributed by atoms with Crippen molar-refractivity contribution < 1.29 is 44.3 Å². The summed E-state index contributed by atoms with van der Waals surface area (Å²) in [5, 5.41) is 0. The number of rotatable bonds is 1. The fraction of sp³-hybridized carbons (Fsp3) is 0.333. The molecular weight excluding hydrogens is 295 g/mol. The van der Waals surface area contributed by atoms with Crippen LogP contribution in [0.15, 0.2) is 0 Å². The third-order valence-electron chi connectivity index (χ3n) is 2.05. The molecule has 0 radical (unpaired) electrons. The SMILES string of the molecule is COc1c(F)c(C(F)(F)F)c(F)c(F)c1C(F)(F)F. The highest BCUT2D eigenvalue weighted by atomic mass is 19.4. The van der Waals surface area contributed by atoms with E-state index in [4.69, 9.17) is 0 Å². The summed E-state index contributed by atoms with van der Waals surface area (Å²) in [5.74, 6) is -10.6. The number of halogens is 9. The van der Waals surface area contributed by atoms with Crippen molar-refractivity contribution in [1.82, 2.24) is 0 Å². The number of alkyl halides is 6. The Morgan fingerprint density at radius 2 is 1.05 bits per heavy atom. The molecule has 0 N–H and O–H groups in total. The van der Waals surface area contributed by atoms with Gasteiger partial charge < -0.3 is 4.74 Å². The maximum atomic E-state index is 13.2. The van der Waals surface area contributed by atoms with E-state index in [2.05, 4.69) is 4.74 Å². The Balaban J connectivity index is 3.85. The highest BCUT2D eigenvalue weighted by molar-refractivity contribution is 5.44. The van der Waals surface area contributed by atoms with Gasteiger partial charge in [-0.05, 0) is 0 Å². The summed E-state index contributed by atoms with van der Waals surface area (Å²) in [6, 6.07) is 0. The minimum atomic E-state index is -5.72. The summed E-state index contributed by atoms with van der Waals surface area (Å²) in [7, 11) is 0.394. The molecule has 0 atom stereocenters. The predicted molar refractivity (Wildman–Crippen MR) is 42.9 cm³/mol. The van der Waals surface area contributed by atoms with Gasteiger partial charge in [0, 0.05) is 0 Å². The van der Waals surface area contributed by atoms with Crippen molar-refractivity contribution in [3.8, 4) is 5.75 Å². The fourth-order valence-electron chi connectivity index (χ4n) is 1.33. The normalized spacial score (nSPS) is 12.7. The molecule has 0 amide bonds. The molecular formula is C9H3F9O. The molecule has 0 aromatic heterocycles. The summed E-state index contributed by atoms with van der Waals surface area (Å²) in [6.07, 6.45) is -11.3. The van der Waals surface area contributed by atoms with Gasteiger partial charge in [-0.2, -0.15) is 26.3 Å². The maximum Gasteiger partial charge on any atom is 0.423 e. The first kappa shape index (κ1) is 15.4. The number of benzene rings is 1. The Morgan fingerprint density at radius 1 is 0.684 bits per heavy atom. The molecule has 0 bridgehead atoms. The van der Waals surface area contributed by atoms with E-state index in [0.717, 1.165) is 0 Å². The molecule has 0 aliphatic rings. The monoisotopic (exact) mass is 298 g/mol. The Bertz CT molecular complexity index is 500. The van der Waals surface area contributed by atoms with Crippen LogP contribution in [0.3, 0.4) is 0 Å². The summed E-state index contributed by atoms with van der Waals surface area (Å²) in [5.41, 5.74) is -5.35. The third-order valence-corrected chi connectivity index (χ3v) is 2.05. The number of hydrogen-bond donors (Lipinski definition) is 0. The second-order valence-electron chi connectivity index (χ2n) is 3.22. The molecule has 1 aromatic carbocycles. The van der Waals surface area contributed by atoms with Crippen LogP contribution in [0.25, 0.3) is 0 Å². The van der Waals surface area contributed by atoms with Crippen LogP contribution >= 0.6 is 0 Å². The largest absolute Gasteiger partial charge is 0.493 e. The van der Waals surface area contributed by atoms with Crippen molar-refractivity contribution in [1.29, 1.82) is 0 Å². The zero-order valence-electron chi connectivity index (χ0n) is 8.81. The van der Waals surface area contributed by atoms with Crippen molar-refractivity contribution in [3.63, 3.8) is 0 Å². The summed E-state index contributed by atoms with van der Waals surface area (Å²) in [6.45, 7) is 0. The quantitative estimate of drug-likeness (QED) is 0.559. The van der Waals surface area contributed by atoms with Crippen LogP contribution in [0.5, 0.6) is 5.75 Å². The van der Waals surface area contributed by atoms with Crippen LogP contribution in [0, 0.1) is 17.5 Å². The molecule has 0 heterocycles. The molecule has 0 aliphatic heterocycles. The van der Waals surface area contributed by atoms with E-state index in [-0.39, 0.29) is 0 Å². The molecule has 1 nitrogen and oxygen atoms in total. The number of hydrogen-bond acceptors (Lipinski definition) is 1. The fourth-order valence-corrected chi connectivity index (χ4v) is 1.33. The lowest BCUT2D eigenvalue weighted by molar-refractivity contribution is -0.148. The number of ether oxygens (including phenoxy) is 1. The molecule has 0 unspecified atom stereocenters. The molecule has 0 fully saturated rings. The smallest absolute Gasteiger partial charge is 0.423 e. The summed E-state index contributed by atoms with van der Waals surface area (Å²) < 4.78 is 117. The van der Waals surface area contributed by atoms with Crippen LogP contribution in [0.4, 0.5) is 39.5 Å². The Labute approximate surface area is 99.1 Å². The Hall–Kier alpha value is -1.61. The van der Waals surface area contributed by atoms with E-state index < -0.39 is 46.7 Å². The van der Waals surface area contributed by atoms with Crippen LogP contribution in [0.2, 0.25) is 0 Å². The first-order chi connectivity index (χ1) is 8.42. The van der Waals surface area contributed by atoms with E-state index in [1.807, 2.05) is 0 Å². The lowest BCUT2D eigenvalue weighted by Gasteiger charge is -2.18. The average molecular weight is 298 g/mol. The van der Waals surface area contributed by atoms with Crippen molar-refractivity contribution >= 4 is 0 Å². The maximum absolute atomic E-state index is 13.2. The first-order valence-corrected chi connectivity index (χ1v) is 4.31. The van der Waals surface area contributed by atoms with Crippen LogP contribution < -0.4 is 4.74 Å². The minimum absolute atomic E-state index is 0.394. The second kappa shape index (κ2) is 4.49. The zero-order chi connectivity index (χ0) is 15.2. The predicted octanol–water partition coefficient (Wildman–Crippen LogP) is 4.15. The molecule has 0 saturated heterocycles. The van der Waals surface area contributed by atoms with Crippen LogP contribution in [0.1, 0.15) is 11.1 Å². The van der Waals surface area contributed by atoms with Gasteiger partial charge in [0.2, 0.25) is 0 Å². The van der Waals surface area contributed by atoms with Gasteiger partial charge in [0.1, 0.15) is 11.1 Å². The van der Waals surface area contributed by atoms with Crippen molar-refractivity contribution in [3.05, 3.63) is 28.6 Å². The van der Waals surface area contributed by atoms with E-state index in [9.17, 15) is 39.5 Å². The van der Waals surface area contributed by atoms with E-state index in [0.29, 0.717) is 7.11 Å². The number of methoxy groups -OCH3 is 1. The van der Waals surface area contributed by atoms with E-state index >= 15 is 0 Å². The molecule has 0 spiro atoms. The van der Waals surface area contributed by atoms with Crippen LogP contribution in [-0.4, -0.2) is 7.11 Å². The first-order valence-electron chi connectivity index (χ1n) is 4.31. The molecule has 19 heavy (non-hydrogen) atoms. The standard InChI is InChI=1S/C9H3F9O/c1-19-7-3(9(16,17)18)5(11)4(10)2(6(7)12)8(13,14)15/h1H3. The van der Waals surface area contributed by atoms with Gasteiger partial charge >= 0.3 is 12.4 Å². The van der Waals surface area contributed by atoms with Crippen molar-refractivity contribution in [2.24, 2.45) is 0 Å². The Kier molecular flexibility index (Phi) is 3.65. The lowest BCUT2D eigenvalue weighted by Crippen LogP contribution is -2.20. The van der Waals surface area contributed by atoms with Crippen LogP contribution in [-0.2, 0) is 12.4 Å². The summed E-state index contributed by atoms with van der Waals surface area (Å²) in [4.78, 5) is 0. The van der Waals surface area contributed by atoms with E-state index in [1.165, 1.54) is 0 Å². The molecule has 1 rings (SSSR count). The van der Waals surface area contributed by atoms with Crippen molar-refractivity contribution in [2.45, 2.75) is 12.4 Å².